The fourth-order valence-electron chi connectivity index (χ4n) is 4.15. The van der Waals surface area contributed by atoms with Gasteiger partial charge < -0.3 is 20.7 Å². The molecule has 0 atom stereocenters. The number of carbonyl (C=O) groups excluding carboxylic acids is 1. The van der Waals surface area contributed by atoms with Gasteiger partial charge in [0.1, 0.15) is 5.82 Å². The number of amides is 1. The highest BCUT2D eigenvalue weighted by atomic mass is 16.5. The maximum Gasteiger partial charge on any atom is 0.251 e. The van der Waals surface area contributed by atoms with Gasteiger partial charge in [0.25, 0.3) is 5.91 Å². The van der Waals surface area contributed by atoms with Gasteiger partial charge in [-0.3, -0.25) is 4.79 Å². The average Bonchev–Trinajstić information content (AvgIpc) is 2.80. The normalized spacial score (nSPS) is 16.1. The first-order chi connectivity index (χ1) is 14.7. The Morgan fingerprint density at radius 2 is 1.70 bits per heavy atom. The quantitative estimate of drug-likeness (QED) is 0.706. The molecule has 0 spiro atoms. The zero-order valence-electron chi connectivity index (χ0n) is 16.7. The summed E-state index contributed by atoms with van der Waals surface area (Å²) in [7, 11) is 0. The van der Waals surface area contributed by atoms with E-state index in [0.29, 0.717) is 12.4 Å². The average molecular weight is 400 g/mol. The molecule has 3 heterocycles. The number of nitrogens with two attached hydrogens (primary N) is 1. The summed E-state index contributed by atoms with van der Waals surface area (Å²) in [5.74, 6) is 0.479. The van der Waals surface area contributed by atoms with Crippen LogP contribution in [0.15, 0.2) is 54.7 Å². The molecule has 2 aliphatic rings. The molecular weight excluding hydrogens is 376 g/mol. The van der Waals surface area contributed by atoms with Gasteiger partial charge in [-0.2, -0.15) is 0 Å². The fraction of sp³-hybridized carbons (Fsp3) is 0.250. The fourth-order valence-corrected chi connectivity index (χ4v) is 4.15. The van der Waals surface area contributed by atoms with Crippen molar-refractivity contribution >= 4 is 17.4 Å². The van der Waals surface area contributed by atoms with Crippen LogP contribution >= 0.6 is 0 Å². The summed E-state index contributed by atoms with van der Waals surface area (Å²) in [6, 6.07) is 16.5. The molecule has 0 radical (unpaired) electrons. The van der Waals surface area contributed by atoms with Gasteiger partial charge in [0.2, 0.25) is 0 Å². The Labute approximate surface area is 175 Å². The second-order valence-corrected chi connectivity index (χ2v) is 7.68. The molecule has 3 N–H and O–H groups in total. The number of rotatable bonds is 3. The van der Waals surface area contributed by atoms with Crippen LogP contribution in [0.5, 0.6) is 0 Å². The van der Waals surface area contributed by atoms with Gasteiger partial charge in [-0.05, 0) is 47.4 Å². The summed E-state index contributed by atoms with van der Waals surface area (Å²) in [4.78, 5) is 18.8. The summed E-state index contributed by atoms with van der Waals surface area (Å²) >= 11 is 0. The molecule has 152 valence electrons. The molecule has 1 fully saturated rings. The molecule has 6 heteroatoms. The number of hydrogen-bond donors (Lipinski definition) is 2. The first-order valence-electron chi connectivity index (χ1n) is 10.3. The summed E-state index contributed by atoms with van der Waals surface area (Å²) in [5.41, 5.74) is 13.2. The van der Waals surface area contributed by atoms with Crippen molar-refractivity contribution < 1.29 is 9.53 Å². The number of aromatic nitrogens is 1. The van der Waals surface area contributed by atoms with Crippen LogP contribution < -0.4 is 16.0 Å². The zero-order chi connectivity index (χ0) is 20.5. The van der Waals surface area contributed by atoms with E-state index in [1.54, 1.807) is 0 Å². The molecule has 1 saturated heterocycles. The van der Waals surface area contributed by atoms with Crippen LogP contribution in [0, 0.1) is 0 Å². The monoisotopic (exact) mass is 400 g/mol. The number of nitrogens with zero attached hydrogens (tertiary/aromatic N) is 2. The number of nitrogens with one attached hydrogen (secondary N) is 1. The molecular formula is C24H24N4O2. The van der Waals surface area contributed by atoms with Gasteiger partial charge >= 0.3 is 0 Å². The van der Waals surface area contributed by atoms with E-state index in [9.17, 15) is 4.79 Å². The van der Waals surface area contributed by atoms with E-state index in [-0.39, 0.29) is 5.91 Å². The number of nitrogen functional groups attached to an aromatic ring is 1. The second-order valence-electron chi connectivity index (χ2n) is 7.68. The lowest BCUT2D eigenvalue weighted by Gasteiger charge is -2.28. The predicted molar refractivity (Wildman–Crippen MR) is 119 cm³/mol. The molecule has 2 aromatic carbocycles. The van der Waals surface area contributed by atoms with Crippen molar-refractivity contribution in [2.24, 2.45) is 0 Å². The summed E-state index contributed by atoms with van der Waals surface area (Å²) in [5, 5.41) is 2.88. The summed E-state index contributed by atoms with van der Waals surface area (Å²) in [6.45, 7) is 4.05. The number of carbonyl (C=O) groups is 1. The van der Waals surface area contributed by atoms with E-state index in [1.807, 2.05) is 18.3 Å². The number of anilines is 2. The lowest BCUT2D eigenvalue weighted by molar-refractivity contribution is 0.0946. The standard InChI is InChI=1S/C24H24N4O2/c25-23-22(17-3-6-21-18(13-17)7-8-26-24(21)29)14-19(15-27-23)16-1-4-20(5-2-16)28-9-11-30-12-10-28/h1-6,13-15H,7-12H2,(H2,25,27)(H,26,29). The van der Waals surface area contributed by atoms with Crippen molar-refractivity contribution in [3.63, 3.8) is 0 Å². The second kappa shape index (κ2) is 7.80. The van der Waals surface area contributed by atoms with Gasteiger partial charge in [-0.1, -0.05) is 24.3 Å². The molecule has 2 aliphatic heterocycles. The van der Waals surface area contributed by atoms with E-state index in [4.69, 9.17) is 10.5 Å². The first kappa shape index (κ1) is 18.6. The maximum absolute atomic E-state index is 12.0. The van der Waals surface area contributed by atoms with Crippen LogP contribution in [-0.4, -0.2) is 43.7 Å². The Kier molecular flexibility index (Phi) is 4.85. The third kappa shape index (κ3) is 3.50. The van der Waals surface area contributed by atoms with Crippen molar-refractivity contribution in [1.29, 1.82) is 0 Å². The summed E-state index contributed by atoms with van der Waals surface area (Å²) in [6.07, 6.45) is 2.64. The van der Waals surface area contributed by atoms with Crippen LogP contribution in [0.25, 0.3) is 22.3 Å². The Hall–Kier alpha value is -3.38. The molecule has 0 bridgehead atoms. The third-order valence-corrected chi connectivity index (χ3v) is 5.84. The number of benzene rings is 2. The minimum Gasteiger partial charge on any atom is -0.383 e. The van der Waals surface area contributed by atoms with Crippen molar-refractivity contribution in [3.05, 3.63) is 65.9 Å². The highest BCUT2D eigenvalue weighted by molar-refractivity contribution is 5.97. The lowest BCUT2D eigenvalue weighted by Crippen LogP contribution is -2.36. The van der Waals surface area contributed by atoms with Crippen LogP contribution in [0.1, 0.15) is 15.9 Å². The van der Waals surface area contributed by atoms with Crippen molar-refractivity contribution in [2.75, 3.05) is 43.5 Å². The minimum absolute atomic E-state index is 0.0111. The van der Waals surface area contributed by atoms with Gasteiger partial charge in [-0.15, -0.1) is 0 Å². The molecule has 1 amide bonds. The Bertz CT molecular complexity index is 1090. The highest BCUT2D eigenvalue weighted by Crippen LogP contribution is 2.32. The molecule has 0 aliphatic carbocycles. The molecule has 3 aromatic rings. The van der Waals surface area contributed by atoms with E-state index >= 15 is 0 Å². The number of fused-ring (bicyclic) bond motifs is 1. The van der Waals surface area contributed by atoms with Gasteiger partial charge in [0.05, 0.1) is 13.2 Å². The number of pyridine rings is 1. The Morgan fingerprint density at radius 1 is 0.933 bits per heavy atom. The van der Waals surface area contributed by atoms with Crippen molar-refractivity contribution in [3.8, 4) is 22.3 Å². The topological polar surface area (TPSA) is 80.5 Å². The molecule has 6 nitrogen and oxygen atoms in total. The van der Waals surface area contributed by atoms with Gasteiger partial charge in [-0.25, -0.2) is 4.98 Å². The third-order valence-electron chi connectivity index (χ3n) is 5.84. The number of ether oxygens (including phenoxy) is 1. The van der Waals surface area contributed by atoms with Crippen LogP contribution in [0.3, 0.4) is 0 Å². The molecule has 1 aromatic heterocycles. The van der Waals surface area contributed by atoms with Crippen molar-refractivity contribution in [2.45, 2.75) is 6.42 Å². The van der Waals surface area contributed by atoms with Crippen LogP contribution in [0.2, 0.25) is 0 Å². The van der Waals surface area contributed by atoms with Crippen molar-refractivity contribution in [1.82, 2.24) is 10.3 Å². The minimum atomic E-state index is -0.0111. The van der Waals surface area contributed by atoms with E-state index in [0.717, 1.165) is 66.1 Å². The zero-order valence-corrected chi connectivity index (χ0v) is 16.7. The molecule has 0 unspecified atom stereocenters. The highest BCUT2D eigenvalue weighted by Gasteiger charge is 2.18. The number of morpholine rings is 1. The predicted octanol–water partition coefficient (Wildman–Crippen LogP) is 3.12. The SMILES string of the molecule is Nc1ncc(-c2ccc(N3CCOCC3)cc2)cc1-c1ccc2c(c1)CCNC2=O. The van der Waals surface area contributed by atoms with Gasteiger partial charge in [0.15, 0.2) is 0 Å². The van der Waals surface area contributed by atoms with E-state index in [2.05, 4.69) is 51.6 Å². The summed E-state index contributed by atoms with van der Waals surface area (Å²) < 4.78 is 5.44. The number of hydrogen-bond acceptors (Lipinski definition) is 5. The van der Waals surface area contributed by atoms with Crippen LogP contribution in [0.4, 0.5) is 11.5 Å². The Morgan fingerprint density at radius 3 is 2.50 bits per heavy atom. The Balaban J connectivity index is 1.46. The van der Waals surface area contributed by atoms with E-state index < -0.39 is 0 Å². The van der Waals surface area contributed by atoms with Crippen LogP contribution in [-0.2, 0) is 11.2 Å². The van der Waals surface area contributed by atoms with Gasteiger partial charge in [0, 0.05) is 48.2 Å². The van der Waals surface area contributed by atoms with E-state index in [1.165, 1.54) is 5.69 Å². The lowest BCUT2D eigenvalue weighted by atomic mass is 9.94. The molecule has 0 saturated carbocycles. The smallest absolute Gasteiger partial charge is 0.251 e. The molecule has 5 rings (SSSR count). The maximum atomic E-state index is 12.0. The largest absolute Gasteiger partial charge is 0.383 e. The molecule has 30 heavy (non-hydrogen) atoms. The first-order valence-corrected chi connectivity index (χ1v) is 10.3.